The third kappa shape index (κ3) is 3.20. The second kappa shape index (κ2) is 5.65. The maximum atomic E-state index is 11.7. The van der Waals surface area contributed by atoms with Crippen LogP contribution in [-0.4, -0.2) is 65.8 Å². The molecule has 0 bridgehead atoms. The van der Waals surface area contributed by atoms with Crippen LogP contribution in [0.1, 0.15) is 12.2 Å². The molecule has 2 aromatic heterocycles. The lowest BCUT2D eigenvalue weighted by Gasteiger charge is -2.15. The molecule has 0 aliphatic carbocycles. The lowest BCUT2D eigenvalue weighted by atomic mass is 10.3. The van der Waals surface area contributed by atoms with Crippen molar-refractivity contribution in [2.24, 2.45) is 0 Å². The molecule has 11 nitrogen and oxygen atoms in total. The van der Waals surface area contributed by atoms with Crippen LogP contribution in [0, 0.1) is 0 Å². The van der Waals surface area contributed by atoms with E-state index in [-0.39, 0.29) is 12.0 Å². The van der Waals surface area contributed by atoms with Crippen LogP contribution in [0.5, 0.6) is 0 Å². The number of hydrogen-bond donors (Lipinski definition) is 3. The molecule has 0 spiro atoms. The number of tetrazole rings is 2. The quantitative estimate of drug-likeness (QED) is 0.607. The van der Waals surface area contributed by atoms with E-state index >= 15 is 0 Å². The van der Waals surface area contributed by atoms with Gasteiger partial charge in [-0.05, 0) is 27.3 Å². The Hall–Kier alpha value is -2.59. The van der Waals surface area contributed by atoms with Gasteiger partial charge in [-0.25, -0.2) is 15.0 Å². The molecule has 2 rings (SSSR count). The smallest absolute Gasteiger partial charge is 0.323 e. The molecular weight excluding hydrogens is 240 g/mol. The van der Waals surface area contributed by atoms with Gasteiger partial charge in [0, 0.05) is 20.0 Å². The Morgan fingerprint density at radius 1 is 1.28 bits per heavy atom. The summed E-state index contributed by atoms with van der Waals surface area (Å²) in [6.07, 6.45) is 1.42. The average Bonchev–Trinajstić information content (AvgIpc) is 3.01. The minimum Gasteiger partial charge on any atom is -0.328 e. The molecule has 2 aromatic rings. The molecule has 3 N–H and O–H groups in total. The monoisotopic (exact) mass is 252 g/mol. The Kier molecular flexibility index (Phi) is 3.73. The zero-order valence-corrected chi connectivity index (χ0v) is 9.66. The Labute approximate surface area is 101 Å². The number of carbonyl (C=O) groups is 1. The normalized spacial score (nSPS) is 10.3. The second-order valence-corrected chi connectivity index (χ2v) is 3.55. The van der Waals surface area contributed by atoms with Crippen molar-refractivity contribution < 1.29 is 4.79 Å². The standard InChI is InChI=1S/C7H12N10O/c1-17(4-2-3-5-9-13-14-10-5)7(18)8-6-11-15-16-12-6/h2-4H2,1H3,(H,9,10,13,14)(H2,8,11,12,15,16,18). The van der Waals surface area contributed by atoms with E-state index in [0.717, 1.165) is 6.42 Å². The Bertz CT molecular complexity index is 464. The van der Waals surface area contributed by atoms with Gasteiger partial charge in [-0.1, -0.05) is 5.10 Å². The van der Waals surface area contributed by atoms with Gasteiger partial charge in [0.2, 0.25) is 5.95 Å². The lowest BCUT2D eigenvalue weighted by molar-refractivity contribution is 0.221. The SMILES string of the molecule is CN(CCCc1nnn[nH]1)C(=O)Nc1nnn[nH]1. The Morgan fingerprint density at radius 2 is 2.06 bits per heavy atom. The van der Waals surface area contributed by atoms with Crippen molar-refractivity contribution in [2.75, 3.05) is 18.9 Å². The Morgan fingerprint density at radius 3 is 2.72 bits per heavy atom. The summed E-state index contributed by atoms with van der Waals surface area (Å²) < 4.78 is 0. The summed E-state index contributed by atoms with van der Waals surface area (Å²) in [5.74, 6) is 0.912. The van der Waals surface area contributed by atoms with Gasteiger partial charge in [-0.3, -0.25) is 5.32 Å². The summed E-state index contributed by atoms with van der Waals surface area (Å²) in [4.78, 5) is 13.2. The number of rotatable bonds is 5. The number of hydrogen-bond acceptors (Lipinski definition) is 7. The highest BCUT2D eigenvalue weighted by Gasteiger charge is 2.10. The fourth-order valence-electron chi connectivity index (χ4n) is 1.28. The van der Waals surface area contributed by atoms with E-state index in [1.54, 1.807) is 7.05 Å². The van der Waals surface area contributed by atoms with Gasteiger partial charge in [0.25, 0.3) is 0 Å². The molecule has 2 amide bonds. The van der Waals surface area contributed by atoms with E-state index in [0.29, 0.717) is 18.8 Å². The number of aromatic nitrogens is 8. The number of H-pyrrole nitrogens is 2. The molecular formula is C7H12N10O. The number of nitrogens with zero attached hydrogens (tertiary/aromatic N) is 7. The van der Waals surface area contributed by atoms with E-state index in [4.69, 9.17) is 0 Å². The van der Waals surface area contributed by atoms with Crippen molar-refractivity contribution in [3.8, 4) is 0 Å². The molecule has 96 valence electrons. The first-order chi connectivity index (χ1) is 8.75. The van der Waals surface area contributed by atoms with Crippen molar-refractivity contribution in [3.05, 3.63) is 5.82 Å². The van der Waals surface area contributed by atoms with Gasteiger partial charge in [0.15, 0.2) is 0 Å². The van der Waals surface area contributed by atoms with Crippen LogP contribution in [0.4, 0.5) is 10.7 Å². The van der Waals surface area contributed by atoms with Crippen molar-refractivity contribution >= 4 is 12.0 Å². The first-order valence-electron chi connectivity index (χ1n) is 5.24. The highest BCUT2D eigenvalue weighted by atomic mass is 16.2. The fraction of sp³-hybridized carbons (Fsp3) is 0.571. The van der Waals surface area contributed by atoms with Crippen LogP contribution in [0.25, 0.3) is 0 Å². The van der Waals surface area contributed by atoms with E-state index in [1.807, 2.05) is 0 Å². The van der Waals surface area contributed by atoms with Gasteiger partial charge < -0.3 is 4.90 Å². The summed E-state index contributed by atoms with van der Waals surface area (Å²) in [6.45, 7) is 0.564. The molecule has 2 heterocycles. The molecule has 18 heavy (non-hydrogen) atoms. The number of carbonyl (C=O) groups excluding carboxylic acids is 1. The number of aryl methyl sites for hydroxylation is 1. The summed E-state index contributed by atoms with van der Waals surface area (Å²) >= 11 is 0. The summed E-state index contributed by atoms with van der Waals surface area (Å²) in [7, 11) is 1.68. The third-order valence-electron chi connectivity index (χ3n) is 2.21. The van der Waals surface area contributed by atoms with Crippen molar-refractivity contribution in [1.29, 1.82) is 0 Å². The van der Waals surface area contributed by atoms with Crippen molar-refractivity contribution in [1.82, 2.24) is 46.1 Å². The van der Waals surface area contributed by atoms with Gasteiger partial charge in [-0.2, -0.15) is 0 Å². The number of urea groups is 1. The van der Waals surface area contributed by atoms with E-state index < -0.39 is 0 Å². The van der Waals surface area contributed by atoms with Crippen LogP contribution in [-0.2, 0) is 6.42 Å². The maximum Gasteiger partial charge on any atom is 0.323 e. The molecule has 11 heteroatoms. The average molecular weight is 252 g/mol. The number of amides is 2. The number of anilines is 1. The first kappa shape index (κ1) is 11.9. The zero-order chi connectivity index (χ0) is 12.8. The van der Waals surface area contributed by atoms with Crippen LogP contribution in [0.15, 0.2) is 0 Å². The fourth-order valence-corrected chi connectivity index (χ4v) is 1.28. The largest absolute Gasteiger partial charge is 0.328 e. The van der Waals surface area contributed by atoms with Crippen LogP contribution < -0.4 is 5.32 Å². The number of nitrogens with one attached hydrogen (secondary N) is 3. The van der Waals surface area contributed by atoms with Crippen LogP contribution >= 0.6 is 0 Å². The molecule has 0 unspecified atom stereocenters. The molecule has 0 aliphatic rings. The van der Waals surface area contributed by atoms with Gasteiger partial charge >= 0.3 is 6.03 Å². The Balaban J connectivity index is 1.70. The van der Waals surface area contributed by atoms with Crippen molar-refractivity contribution in [2.45, 2.75) is 12.8 Å². The summed E-state index contributed by atoms with van der Waals surface area (Å²) in [5, 5.41) is 28.5. The molecule has 0 saturated heterocycles. The summed E-state index contributed by atoms with van der Waals surface area (Å²) in [5.41, 5.74) is 0. The predicted molar refractivity (Wildman–Crippen MR) is 58.3 cm³/mol. The minimum atomic E-state index is -0.288. The van der Waals surface area contributed by atoms with Crippen LogP contribution in [0.2, 0.25) is 0 Å². The molecule has 0 atom stereocenters. The van der Waals surface area contributed by atoms with E-state index in [1.165, 1.54) is 4.90 Å². The van der Waals surface area contributed by atoms with Crippen molar-refractivity contribution in [3.63, 3.8) is 0 Å². The van der Waals surface area contributed by atoms with Gasteiger partial charge in [0.05, 0.1) is 0 Å². The van der Waals surface area contributed by atoms with E-state index in [9.17, 15) is 4.79 Å². The highest BCUT2D eigenvalue weighted by Crippen LogP contribution is 1.98. The maximum absolute atomic E-state index is 11.7. The molecule has 0 saturated carbocycles. The second-order valence-electron chi connectivity index (χ2n) is 3.55. The first-order valence-corrected chi connectivity index (χ1v) is 5.24. The molecule has 0 aromatic carbocycles. The minimum absolute atomic E-state index is 0.214. The van der Waals surface area contributed by atoms with Gasteiger partial charge in [0.1, 0.15) is 5.82 Å². The topological polar surface area (TPSA) is 141 Å². The van der Waals surface area contributed by atoms with E-state index in [2.05, 4.69) is 46.6 Å². The molecule has 0 fully saturated rings. The highest BCUT2D eigenvalue weighted by molar-refractivity contribution is 5.86. The van der Waals surface area contributed by atoms with Gasteiger partial charge in [-0.15, -0.1) is 5.10 Å². The third-order valence-corrected chi connectivity index (χ3v) is 2.21. The predicted octanol–water partition coefficient (Wildman–Crippen LogP) is -1.19. The molecule has 0 radical (unpaired) electrons. The number of aromatic amines is 2. The van der Waals surface area contributed by atoms with Crippen LogP contribution in [0.3, 0.4) is 0 Å². The lowest BCUT2D eigenvalue weighted by Crippen LogP contribution is -2.32. The molecule has 0 aliphatic heterocycles. The zero-order valence-electron chi connectivity index (χ0n) is 9.66. The summed E-state index contributed by atoms with van der Waals surface area (Å²) in [6, 6.07) is -0.288.